The van der Waals surface area contributed by atoms with Gasteiger partial charge in [-0.05, 0) is 72.0 Å². The van der Waals surface area contributed by atoms with Crippen molar-refractivity contribution in [1.82, 2.24) is 0 Å². The highest BCUT2D eigenvalue weighted by Gasteiger charge is 2.39. The van der Waals surface area contributed by atoms with Gasteiger partial charge in [-0.3, -0.25) is 4.72 Å². The van der Waals surface area contributed by atoms with Gasteiger partial charge in [0, 0.05) is 16.6 Å². The van der Waals surface area contributed by atoms with Crippen molar-refractivity contribution in [3.63, 3.8) is 0 Å². The van der Waals surface area contributed by atoms with Gasteiger partial charge in [0.25, 0.3) is 10.0 Å². The Morgan fingerprint density at radius 3 is 2.71 bits per heavy atom. The Labute approximate surface area is 207 Å². The summed E-state index contributed by atoms with van der Waals surface area (Å²) in [6.07, 6.45) is 5.23. The van der Waals surface area contributed by atoms with Crippen molar-refractivity contribution in [3.05, 3.63) is 87.9 Å². The van der Waals surface area contributed by atoms with Gasteiger partial charge < -0.3 is 14.8 Å². The summed E-state index contributed by atoms with van der Waals surface area (Å²) in [5, 5.41) is 4.30. The Kier molecular flexibility index (Phi) is 5.17. The molecule has 0 saturated heterocycles. The number of anilines is 2. The van der Waals surface area contributed by atoms with Crippen molar-refractivity contribution < 1.29 is 17.9 Å². The summed E-state index contributed by atoms with van der Waals surface area (Å²) in [6.45, 7) is 0.235. The third-order valence-electron chi connectivity index (χ3n) is 6.57. The van der Waals surface area contributed by atoms with Gasteiger partial charge in [0.15, 0.2) is 11.5 Å². The molecule has 2 N–H and O–H groups in total. The van der Waals surface area contributed by atoms with Gasteiger partial charge in [0.2, 0.25) is 6.79 Å². The lowest BCUT2D eigenvalue weighted by Gasteiger charge is -2.37. The molecule has 0 radical (unpaired) electrons. The molecule has 3 atom stereocenters. The maximum atomic E-state index is 13.2. The van der Waals surface area contributed by atoms with Crippen LogP contribution in [-0.4, -0.2) is 15.2 Å². The smallest absolute Gasteiger partial charge is 0.261 e. The number of allylic oxidation sites excluding steroid dienone is 2. The fraction of sp³-hybridized carbons (Fsp3) is 0.200. The van der Waals surface area contributed by atoms with E-state index in [4.69, 9.17) is 32.7 Å². The SMILES string of the molecule is O=S(=O)(Nc1cc(Cl)ccc1Cl)c1ccc2c(c1)[C@H]1C=CC[C@H]1[C@@H](c1ccc3c(c1)OCO3)N2. The molecule has 3 aromatic rings. The molecule has 0 bridgehead atoms. The van der Waals surface area contributed by atoms with E-state index >= 15 is 0 Å². The Morgan fingerprint density at radius 2 is 1.82 bits per heavy atom. The van der Waals surface area contributed by atoms with E-state index in [9.17, 15) is 8.42 Å². The zero-order valence-corrected chi connectivity index (χ0v) is 20.1. The Morgan fingerprint density at radius 1 is 0.971 bits per heavy atom. The largest absolute Gasteiger partial charge is 0.454 e. The third kappa shape index (κ3) is 3.68. The van der Waals surface area contributed by atoms with E-state index < -0.39 is 10.0 Å². The molecule has 2 aliphatic heterocycles. The number of benzene rings is 3. The zero-order valence-electron chi connectivity index (χ0n) is 17.8. The molecule has 6 rings (SSSR count). The van der Waals surface area contributed by atoms with Crippen molar-refractivity contribution >= 4 is 44.6 Å². The van der Waals surface area contributed by atoms with Crippen LogP contribution in [-0.2, 0) is 10.0 Å². The van der Waals surface area contributed by atoms with E-state index in [0.717, 1.165) is 34.7 Å². The monoisotopic (exact) mass is 514 g/mol. The highest BCUT2D eigenvalue weighted by atomic mass is 35.5. The maximum Gasteiger partial charge on any atom is 0.261 e. The van der Waals surface area contributed by atoms with E-state index in [1.54, 1.807) is 24.3 Å². The lowest BCUT2D eigenvalue weighted by Crippen LogP contribution is -2.29. The number of halogens is 2. The van der Waals surface area contributed by atoms with Crippen LogP contribution in [0.5, 0.6) is 11.5 Å². The molecule has 0 unspecified atom stereocenters. The Balaban J connectivity index is 1.34. The Bertz CT molecular complexity index is 1440. The molecule has 0 saturated carbocycles. The van der Waals surface area contributed by atoms with Crippen LogP contribution in [0.2, 0.25) is 10.0 Å². The van der Waals surface area contributed by atoms with E-state index in [1.165, 1.54) is 6.07 Å². The first-order valence-corrected chi connectivity index (χ1v) is 13.1. The van der Waals surface area contributed by atoms with Gasteiger partial charge in [0.05, 0.1) is 21.6 Å². The second-order valence-electron chi connectivity index (χ2n) is 8.57. The average molecular weight is 515 g/mol. The number of hydrogen-bond donors (Lipinski definition) is 2. The van der Waals surface area contributed by atoms with Crippen molar-refractivity contribution in [3.8, 4) is 11.5 Å². The molecule has 0 fully saturated rings. The highest BCUT2D eigenvalue weighted by Crippen LogP contribution is 2.51. The first kappa shape index (κ1) is 21.6. The number of rotatable bonds is 4. The summed E-state index contributed by atoms with van der Waals surface area (Å²) in [6, 6.07) is 15.9. The van der Waals surface area contributed by atoms with E-state index in [-0.39, 0.29) is 40.3 Å². The lowest BCUT2D eigenvalue weighted by atomic mass is 9.77. The molecule has 9 heteroatoms. The average Bonchev–Trinajstić information content (AvgIpc) is 3.49. The molecule has 174 valence electrons. The molecule has 3 aliphatic rings. The molecule has 0 spiro atoms. The molecule has 2 heterocycles. The van der Waals surface area contributed by atoms with E-state index in [1.807, 2.05) is 18.2 Å². The molecule has 6 nitrogen and oxygen atoms in total. The topological polar surface area (TPSA) is 76.7 Å². The van der Waals surface area contributed by atoms with Crippen LogP contribution in [0.4, 0.5) is 11.4 Å². The minimum Gasteiger partial charge on any atom is -0.454 e. The van der Waals surface area contributed by atoms with Crippen LogP contribution in [0.3, 0.4) is 0 Å². The normalized spacial score (nSPS) is 22.1. The Hall–Kier alpha value is -2.87. The maximum absolute atomic E-state index is 13.2. The fourth-order valence-electron chi connectivity index (χ4n) is 4.96. The van der Waals surface area contributed by atoms with Crippen LogP contribution in [0.1, 0.15) is 29.5 Å². The minimum atomic E-state index is -3.86. The van der Waals surface area contributed by atoms with Gasteiger partial charge in [-0.1, -0.05) is 41.4 Å². The first-order valence-electron chi connectivity index (χ1n) is 10.8. The van der Waals surface area contributed by atoms with E-state index in [2.05, 4.69) is 28.3 Å². The third-order valence-corrected chi connectivity index (χ3v) is 8.50. The van der Waals surface area contributed by atoms with Crippen molar-refractivity contribution in [1.29, 1.82) is 0 Å². The summed E-state index contributed by atoms with van der Waals surface area (Å²) in [5.41, 5.74) is 3.22. The lowest BCUT2D eigenvalue weighted by molar-refractivity contribution is 0.174. The molecule has 0 amide bonds. The number of nitrogens with one attached hydrogen (secondary N) is 2. The minimum absolute atomic E-state index is 0.0628. The van der Waals surface area contributed by atoms with Gasteiger partial charge >= 0.3 is 0 Å². The molecule has 34 heavy (non-hydrogen) atoms. The van der Waals surface area contributed by atoms with Gasteiger partial charge in [0.1, 0.15) is 0 Å². The summed E-state index contributed by atoms with van der Waals surface area (Å²) in [7, 11) is -3.86. The molecule has 0 aromatic heterocycles. The van der Waals surface area contributed by atoms with Crippen LogP contribution < -0.4 is 19.5 Å². The fourth-order valence-corrected chi connectivity index (χ4v) is 6.45. The molecular weight excluding hydrogens is 495 g/mol. The molecule has 1 aliphatic carbocycles. The number of ether oxygens (including phenoxy) is 2. The second kappa shape index (κ2) is 8.12. The van der Waals surface area contributed by atoms with E-state index in [0.29, 0.717) is 5.02 Å². The summed E-state index contributed by atoms with van der Waals surface area (Å²) < 4.78 is 39.9. The zero-order chi connectivity index (χ0) is 23.4. The van der Waals surface area contributed by atoms with Crippen molar-refractivity contribution in [2.75, 3.05) is 16.8 Å². The second-order valence-corrected chi connectivity index (χ2v) is 11.1. The quantitative estimate of drug-likeness (QED) is 0.396. The van der Waals surface area contributed by atoms with Crippen molar-refractivity contribution in [2.24, 2.45) is 5.92 Å². The molecule has 3 aromatic carbocycles. The van der Waals surface area contributed by atoms with Crippen molar-refractivity contribution in [2.45, 2.75) is 23.3 Å². The van der Waals surface area contributed by atoms with Crippen LogP contribution in [0.15, 0.2) is 71.6 Å². The molecular formula is C25H20Cl2N2O4S. The van der Waals surface area contributed by atoms with Crippen LogP contribution >= 0.6 is 23.2 Å². The number of fused-ring (bicyclic) bond motifs is 4. The summed E-state index contributed by atoms with van der Waals surface area (Å²) >= 11 is 12.2. The standard InChI is InChI=1S/C25H20Cl2N2O4S/c26-15-5-7-20(27)22(11-15)29-34(30,31)16-6-8-21-19(12-16)17-2-1-3-18(17)25(28-21)14-4-9-23-24(10-14)33-13-32-23/h1-2,4-12,17-18,25,28-29H,3,13H2/t17-,18+,25+/m0/s1. The first-order chi connectivity index (χ1) is 16.4. The van der Waals surface area contributed by atoms with Gasteiger partial charge in [-0.2, -0.15) is 0 Å². The van der Waals surface area contributed by atoms with Crippen LogP contribution in [0.25, 0.3) is 0 Å². The number of sulfonamides is 1. The van der Waals surface area contributed by atoms with Gasteiger partial charge in [-0.15, -0.1) is 0 Å². The summed E-state index contributed by atoms with van der Waals surface area (Å²) in [5.74, 6) is 1.85. The number of hydrogen-bond acceptors (Lipinski definition) is 5. The van der Waals surface area contributed by atoms with Gasteiger partial charge in [-0.25, -0.2) is 8.42 Å². The predicted molar refractivity (Wildman–Crippen MR) is 133 cm³/mol. The predicted octanol–water partition coefficient (Wildman–Crippen LogP) is 6.35. The van der Waals surface area contributed by atoms with Crippen LogP contribution in [0, 0.1) is 5.92 Å². The highest BCUT2D eigenvalue weighted by molar-refractivity contribution is 7.92. The summed E-state index contributed by atoms with van der Waals surface area (Å²) in [4.78, 5) is 0.171.